The third-order valence-electron chi connectivity index (χ3n) is 3.41. The van der Waals surface area contributed by atoms with E-state index in [9.17, 15) is 0 Å². The predicted molar refractivity (Wildman–Crippen MR) is 83.5 cm³/mol. The van der Waals surface area contributed by atoms with Crippen molar-refractivity contribution < 1.29 is 0 Å². The number of hydrogen-bond donors (Lipinski definition) is 0. The van der Waals surface area contributed by atoms with E-state index in [2.05, 4.69) is 53.4 Å². The van der Waals surface area contributed by atoms with Crippen molar-refractivity contribution in [1.82, 2.24) is 0 Å². The van der Waals surface area contributed by atoms with Crippen LogP contribution in [0.5, 0.6) is 0 Å². The van der Waals surface area contributed by atoms with Gasteiger partial charge in [-0.25, -0.2) is 4.99 Å². The molecule has 0 saturated heterocycles. The van der Waals surface area contributed by atoms with E-state index in [0.717, 1.165) is 18.7 Å². The van der Waals surface area contributed by atoms with Crippen molar-refractivity contribution in [2.45, 2.75) is 6.42 Å². The maximum Gasteiger partial charge on any atom is 0.0960 e. The summed E-state index contributed by atoms with van der Waals surface area (Å²) in [6, 6.07) is 10.7. The molecule has 1 heterocycles. The largest absolute Gasteiger partial charge is 0.328 e. The summed E-state index contributed by atoms with van der Waals surface area (Å²) in [4.78, 5) is 6.76. The van der Waals surface area contributed by atoms with Gasteiger partial charge in [0.15, 0.2) is 0 Å². The molecule has 1 aliphatic rings. The first-order chi connectivity index (χ1) is 9.35. The molecule has 3 rings (SSSR count). The lowest BCUT2D eigenvalue weighted by Crippen LogP contribution is -2.23. The van der Waals surface area contributed by atoms with Gasteiger partial charge in [-0.2, -0.15) is 0 Å². The Morgan fingerprint density at radius 2 is 2.00 bits per heavy atom. The van der Waals surface area contributed by atoms with Gasteiger partial charge in [-0.15, -0.1) is 13.2 Å². The minimum absolute atomic E-state index is 0.772. The number of anilines is 1. The first-order valence-electron chi connectivity index (χ1n) is 6.42. The van der Waals surface area contributed by atoms with Crippen molar-refractivity contribution in [3.63, 3.8) is 0 Å². The molecule has 2 aromatic carbocycles. The van der Waals surface area contributed by atoms with Crippen LogP contribution in [0.4, 0.5) is 11.4 Å². The van der Waals surface area contributed by atoms with Crippen LogP contribution in [-0.4, -0.2) is 12.9 Å². The Hall–Kier alpha value is -2.35. The molecule has 2 nitrogen and oxygen atoms in total. The molecule has 94 valence electrons. The van der Waals surface area contributed by atoms with E-state index in [4.69, 9.17) is 0 Å². The highest BCUT2D eigenvalue weighted by atomic mass is 15.2. The smallest absolute Gasteiger partial charge is 0.0960 e. The Kier molecular flexibility index (Phi) is 2.92. The second-order valence-electron chi connectivity index (χ2n) is 4.63. The van der Waals surface area contributed by atoms with Crippen molar-refractivity contribution in [2.24, 2.45) is 4.99 Å². The average molecular weight is 248 g/mol. The molecule has 0 N–H and O–H groups in total. The molecular weight excluding hydrogens is 232 g/mol. The molecule has 0 amide bonds. The summed E-state index contributed by atoms with van der Waals surface area (Å²) in [5.74, 6) is 0. The first-order valence-corrected chi connectivity index (χ1v) is 6.42. The highest BCUT2D eigenvalue weighted by Gasteiger charge is 2.16. The SMILES string of the molecule is C=CCc1ccc2cccc3c2c1N=CN3CC=C. The molecule has 0 unspecified atom stereocenters. The fraction of sp³-hybridized carbons (Fsp3) is 0.118. The van der Waals surface area contributed by atoms with Crippen molar-refractivity contribution >= 4 is 28.5 Å². The Balaban J connectivity index is 2.28. The van der Waals surface area contributed by atoms with Crippen molar-refractivity contribution in [1.29, 1.82) is 0 Å². The molecule has 2 heteroatoms. The van der Waals surface area contributed by atoms with Crippen molar-refractivity contribution in [3.8, 4) is 0 Å². The van der Waals surface area contributed by atoms with Crippen LogP contribution in [-0.2, 0) is 6.42 Å². The summed E-state index contributed by atoms with van der Waals surface area (Å²) >= 11 is 0. The molecule has 1 aliphatic heterocycles. The Morgan fingerprint density at radius 3 is 2.79 bits per heavy atom. The summed E-state index contributed by atoms with van der Waals surface area (Å²) in [5, 5.41) is 2.46. The van der Waals surface area contributed by atoms with Crippen LogP contribution in [0.3, 0.4) is 0 Å². The highest BCUT2D eigenvalue weighted by molar-refractivity contribution is 6.10. The van der Waals surface area contributed by atoms with Gasteiger partial charge in [-0.05, 0) is 23.4 Å². The number of nitrogens with zero attached hydrogens (tertiary/aromatic N) is 2. The standard InChI is InChI=1S/C17H16N2/c1-3-6-14-10-9-13-7-5-8-15-16(13)17(14)18-12-19(15)11-4-2/h3-5,7-10,12H,1-2,6,11H2. The second-order valence-corrected chi connectivity index (χ2v) is 4.63. The predicted octanol–water partition coefficient (Wildman–Crippen LogP) is 4.23. The minimum atomic E-state index is 0.772. The van der Waals surface area contributed by atoms with Gasteiger partial charge in [-0.3, -0.25) is 0 Å². The molecule has 0 fully saturated rings. The number of aliphatic imine (C=N–C) groups is 1. The number of hydrogen-bond acceptors (Lipinski definition) is 2. The highest BCUT2D eigenvalue weighted by Crippen LogP contribution is 2.39. The fourth-order valence-electron chi connectivity index (χ4n) is 2.57. The van der Waals surface area contributed by atoms with Crippen molar-refractivity contribution in [3.05, 3.63) is 61.2 Å². The Bertz CT molecular complexity index is 683. The monoisotopic (exact) mass is 248 g/mol. The maximum absolute atomic E-state index is 4.64. The Morgan fingerprint density at radius 1 is 1.11 bits per heavy atom. The van der Waals surface area contributed by atoms with E-state index in [0.29, 0.717) is 0 Å². The molecule has 0 atom stereocenters. The van der Waals surface area contributed by atoms with E-state index in [1.165, 1.54) is 22.0 Å². The molecule has 2 aromatic rings. The van der Waals surface area contributed by atoms with E-state index in [-0.39, 0.29) is 0 Å². The molecule has 0 aromatic heterocycles. The molecular formula is C17H16N2. The summed E-state index contributed by atoms with van der Waals surface area (Å²) < 4.78 is 0. The zero-order valence-corrected chi connectivity index (χ0v) is 10.8. The quantitative estimate of drug-likeness (QED) is 0.739. The number of rotatable bonds is 4. The van der Waals surface area contributed by atoms with Gasteiger partial charge in [0.25, 0.3) is 0 Å². The van der Waals surface area contributed by atoms with Gasteiger partial charge in [0, 0.05) is 11.9 Å². The summed E-state index contributed by atoms with van der Waals surface area (Å²) in [7, 11) is 0. The van der Waals surface area contributed by atoms with Crippen LogP contribution in [0.1, 0.15) is 5.56 Å². The van der Waals surface area contributed by atoms with Crippen LogP contribution >= 0.6 is 0 Å². The molecule has 0 radical (unpaired) electrons. The van der Waals surface area contributed by atoms with Gasteiger partial charge in [0.2, 0.25) is 0 Å². The third-order valence-corrected chi connectivity index (χ3v) is 3.41. The normalized spacial score (nSPS) is 12.7. The Labute approximate surface area is 113 Å². The lowest BCUT2D eigenvalue weighted by Gasteiger charge is -2.25. The zero-order valence-electron chi connectivity index (χ0n) is 10.8. The van der Waals surface area contributed by atoms with Crippen LogP contribution in [0.15, 0.2) is 60.6 Å². The average Bonchev–Trinajstić information content (AvgIpc) is 2.44. The van der Waals surface area contributed by atoms with Gasteiger partial charge in [0.05, 0.1) is 17.7 Å². The van der Waals surface area contributed by atoms with Crippen LogP contribution in [0.25, 0.3) is 10.8 Å². The van der Waals surface area contributed by atoms with Gasteiger partial charge in [0.1, 0.15) is 0 Å². The first kappa shape index (κ1) is 11.7. The molecule has 0 saturated carbocycles. The van der Waals surface area contributed by atoms with Gasteiger partial charge < -0.3 is 4.90 Å². The molecule has 0 bridgehead atoms. The van der Waals surface area contributed by atoms with Crippen molar-refractivity contribution in [2.75, 3.05) is 11.4 Å². The molecule has 0 aliphatic carbocycles. The number of allylic oxidation sites excluding steroid dienone is 1. The van der Waals surface area contributed by atoms with Gasteiger partial charge in [-0.1, -0.05) is 36.4 Å². The topological polar surface area (TPSA) is 15.6 Å². The van der Waals surface area contributed by atoms with E-state index < -0.39 is 0 Å². The fourth-order valence-corrected chi connectivity index (χ4v) is 2.57. The lowest BCUT2D eigenvalue weighted by molar-refractivity contribution is 1.15. The van der Waals surface area contributed by atoms with E-state index in [1.807, 2.05) is 18.5 Å². The zero-order chi connectivity index (χ0) is 13.2. The maximum atomic E-state index is 4.64. The third kappa shape index (κ3) is 1.85. The summed E-state index contributed by atoms with van der Waals surface area (Å²) in [6.07, 6.45) is 6.55. The van der Waals surface area contributed by atoms with E-state index >= 15 is 0 Å². The van der Waals surface area contributed by atoms with Crippen LogP contribution in [0, 0.1) is 0 Å². The van der Waals surface area contributed by atoms with Crippen LogP contribution < -0.4 is 4.90 Å². The summed E-state index contributed by atoms with van der Waals surface area (Å²) in [6.45, 7) is 8.40. The lowest BCUT2D eigenvalue weighted by atomic mass is 9.99. The molecule has 19 heavy (non-hydrogen) atoms. The molecule has 0 spiro atoms. The van der Waals surface area contributed by atoms with Gasteiger partial charge >= 0.3 is 0 Å². The van der Waals surface area contributed by atoms with Crippen LogP contribution in [0.2, 0.25) is 0 Å². The minimum Gasteiger partial charge on any atom is -0.328 e. The second kappa shape index (κ2) is 4.73. The van der Waals surface area contributed by atoms with E-state index in [1.54, 1.807) is 0 Å². The summed E-state index contributed by atoms with van der Waals surface area (Å²) in [5.41, 5.74) is 3.51. The number of benzene rings is 2.